The first-order chi connectivity index (χ1) is 19.5. The summed E-state index contributed by atoms with van der Waals surface area (Å²) in [6.45, 7) is 6.02. The Hall–Kier alpha value is -3.19. The fraction of sp³-hybridized carbons (Fsp3) is 0.265. The molecular formula is C34H35NO3S2. The number of rotatable bonds is 9. The molecule has 0 N–H and O–H groups in total. The van der Waals surface area contributed by atoms with Crippen molar-refractivity contribution in [3.63, 3.8) is 0 Å². The minimum absolute atomic E-state index is 0.245. The molecule has 0 radical (unpaired) electrons. The SMILES string of the molecule is CCOC(=O)N1CCC(OCc2ccc(Sc3ccccc3)cc2)(c2ccccc2Sc2ccc(C)cc2)CC1. The molecule has 0 saturated carbocycles. The summed E-state index contributed by atoms with van der Waals surface area (Å²) in [5, 5.41) is 0. The van der Waals surface area contributed by atoms with Gasteiger partial charge in [-0.05, 0) is 80.3 Å². The summed E-state index contributed by atoms with van der Waals surface area (Å²) in [7, 11) is 0. The molecule has 1 aliphatic rings. The first kappa shape index (κ1) is 28.3. The summed E-state index contributed by atoms with van der Waals surface area (Å²) in [5.41, 5.74) is 3.06. The Labute approximate surface area is 246 Å². The molecule has 40 heavy (non-hydrogen) atoms. The minimum Gasteiger partial charge on any atom is -0.450 e. The minimum atomic E-state index is -0.505. The Bertz CT molecular complexity index is 1380. The van der Waals surface area contributed by atoms with Crippen LogP contribution in [0.1, 0.15) is 36.5 Å². The Morgan fingerprint density at radius 2 is 1.38 bits per heavy atom. The van der Waals surface area contributed by atoms with Crippen molar-refractivity contribution in [1.29, 1.82) is 0 Å². The number of piperidine rings is 1. The summed E-state index contributed by atoms with van der Waals surface area (Å²) in [4.78, 5) is 19.1. The fourth-order valence-electron chi connectivity index (χ4n) is 4.92. The van der Waals surface area contributed by atoms with E-state index in [-0.39, 0.29) is 6.09 Å². The van der Waals surface area contributed by atoms with Gasteiger partial charge in [0.15, 0.2) is 0 Å². The topological polar surface area (TPSA) is 38.8 Å². The van der Waals surface area contributed by atoms with Gasteiger partial charge < -0.3 is 14.4 Å². The van der Waals surface area contributed by atoms with Gasteiger partial charge in [-0.1, -0.05) is 89.8 Å². The number of aryl methyl sites for hydroxylation is 1. The lowest BCUT2D eigenvalue weighted by Crippen LogP contribution is -2.46. The maximum atomic E-state index is 12.5. The van der Waals surface area contributed by atoms with E-state index in [4.69, 9.17) is 9.47 Å². The van der Waals surface area contributed by atoms with E-state index in [1.165, 1.54) is 30.7 Å². The average Bonchev–Trinajstić information content (AvgIpc) is 2.99. The van der Waals surface area contributed by atoms with Crippen molar-refractivity contribution in [1.82, 2.24) is 4.90 Å². The zero-order valence-electron chi connectivity index (χ0n) is 23.0. The first-order valence-corrected chi connectivity index (χ1v) is 15.4. The van der Waals surface area contributed by atoms with Crippen LogP contribution in [0.2, 0.25) is 0 Å². The Kier molecular flexibility index (Phi) is 9.53. The van der Waals surface area contributed by atoms with E-state index in [1.54, 1.807) is 28.4 Å². The first-order valence-electron chi connectivity index (χ1n) is 13.8. The molecule has 0 bridgehead atoms. The molecular weight excluding hydrogens is 535 g/mol. The van der Waals surface area contributed by atoms with Crippen molar-refractivity contribution in [2.75, 3.05) is 19.7 Å². The van der Waals surface area contributed by atoms with Crippen LogP contribution >= 0.6 is 23.5 Å². The highest BCUT2D eigenvalue weighted by Gasteiger charge is 2.40. The third-order valence-electron chi connectivity index (χ3n) is 7.14. The van der Waals surface area contributed by atoms with Gasteiger partial charge in [-0.25, -0.2) is 4.79 Å². The van der Waals surface area contributed by atoms with Gasteiger partial charge in [0, 0.05) is 32.7 Å². The van der Waals surface area contributed by atoms with Crippen LogP contribution in [0.5, 0.6) is 0 Å². The second kappa shape index (κ2) is 13.4. The lowest BCUT2D eigenvalue weighted by atomic mass is 9.84. The molecule has 0 unspecified atom stereocenters. The number of hydrogen-bond donors (Lipinski definition) is 0. The van der Waals surface area contributed by atoms with Crippen LogP contribution in [-0.2, 0) is 21.7 Å². The van der Waals surface area contributed by atoms with Gasteiger partial charge >= 0.3 is 6.09 Å². The molecule has 0 atom stereocenters. The van der Waals surface area contributed by atoms with Crippen LogP contribution < -0.4 is 0 Å². The standard InChI is InChI=1S/C34H35NO3S2/c1-3-37-33(36)35-23-21-34(22-24-35,31-11-7-8-12-32(31)40-30-17-13-26(2)14-18-30)38-25-27-15-19-29(20-16-27)39-28-9-5-4-6-10-28/h4-20H,3,21-25H2,1-2H3. The van der Waals surface area contributed by atoms with Crippen molar-refractivity contribution in [2.24, 2.45) is 0 Å². The van der Waals surface area contributed by atoms with Crippen LogP contribution in [0.3, 0.4) is 0 Å². The predicted octanol–water partition coefficient (Wildman–Crippen LogP) is 8.96. The van der Waals surface area contributed by atoms with E-state index in [0.717, 1.165) is 5.56 Å². The molecule has 4 aromatic rings. The molecule has 1 fully saturated rings. The number of carbonyl (C=O) groups is 1. The molecule has 5 rings (SSSR count). The van der Waals surface area contributed by atoms with Crippen LogP contribution in [0.25, 0.3) is 0 Å². The summed E-state index contributed by atoms with van der Waals surface area (Å²) in [5.74, 6) is 0. The van der Waals surface area contributed by atoms with Crippen molar-refractivity contribution in [3.8, 4) is 0 Å². The molecule has 4 nitrogen and oxygen atoms in total. The lowest BCUT2D eigenvalue weighted by molar-refractivity contribution is -0.0984. The molecule has 4 aromatic carbocycles. The number of amides is 1. The van der Waals surface area contributed by atoms with Crippen molar-refractivity contribution < 1.29 is 14.3 Å². The summed E-state index contributed by atoms with van der Waals surface area (Å²) in [6.07, 6.45) is 1.17. The smallest absolute Gasteiger partial charge is 0.409 e. The van der Waals surface area contributed by atoms with E-state index in [1.807, 2.05) is 13.0 Å². The van der Waals surface area contributed by atoms with Crippen LogP contribution in [-0.4, -0.2) is 30.7 Å². The van der Waals surface area contributed by atoms with Crippen molar-refractivity contribution in [2.45, 2.75) is 58.5 Å². The van der Waals surface area contributed by atoms with Gasteiger partial charge in [-0.2, -0.15) is 0 Å². The lowest BCUT2D eigenvalue weighted by Gasteiger charge is -2.42. The number of nitrogens with zero attached hydrogens (tertiary/aromatic N) is 1. The molecule has 0 aliphatic carbocycles. The highest BCUT2D eigenvalue weighted by Crippen LogP contribution is 2.44. The number of carbonyl (C=O) groups excluding carboxylic acids is 1. The fourth-order valence-corrected chi connectivity index (χ4v) is 6.80. The van der Waals surface area contributed by atoms with Gasteiger partial charge in [0.25, 0.3) is 0 Å². The molecule has 1 aliphatic heterocycles. The van der Waals surface area contributed by atoms with Gasteiger partial charge in [0.05, 0.1) is 18.8 Å². The van der Waals surface area contributed by atoms with Gasteiger partial charge in [-0.3, -0.25) is 0 Å². The highest BCUT2D eigenvalue weighted by atomic mass is 32.2. The number of ether oxygens (including phenoxy) is 2. The maximum Gasteiger partial charge on any atom is 0.409 e. The summed E-state index contributed by atoms with van der Waals surface area (Å²) in [6, 6.07) is 36.2. The normalized spacial score (nSPS) is 14.6. The predicted molar refractivity (Wildman–Crippen MR) is 163 cm³/mol. The van der Waals surface area contributed by atoms with Gasteiger partial charge in [0.1, 0.15) is 0 Å². The molecule has 6 heteroatoms. The summed E-state index contributed by atoms with van der Waals surface area (Å²) < 4.78 is 12.2. The molecule has 0 aromatic heterocycles. The highest BCUT2D eigenvalue weighted by molar-refractivity contribution is 7.99. The van der Waals surface area contributed by atoms with Crippen LogP contribution in [0.15, 0.2) is 123 Å². The second-order valence-electron chi connectivity index (χ2n) is 9.94. The third kappa shape index (κ3) is 7.11. The average molecular weight is 570 g/mol. The van der Waals surface area contributed by atoms with Crippen molar-refractivity contribution in [3.05, 3.63) is 120 Å². The Morgan fingerprint density at radius 3 is 2.08 bits per heavy atom. The van der Waals surface area contributed by atoms with Crippen molar-refractivity contribution >= 4 is 29.6 Å². The molecule has 0 spiro atoms. The molecule has 1 heterocycles. The zero-order valence-corrected chi connectivity index (χ0v) is 24.7. The van der Waals surface area contributed by atoms with E-state index < -0.39 is 5.60 Å². The Morgan fingerprint density at radius 1 is 0.775 bits per heavy atom. The monoisotopic (exact) mass is 569 g/mol. The quantitative estimate of drug-likeness (QED) is 0.201. The number of likely N-dealkylation sites (tertiary alicyclic amines) is 1. The van der Waals surface area contributed by atoms with Gasteiger partial charge in [-0.15, -0.1) is 0 Å². The van der Waals surface area contributed by atoms with Gasteiger partial charge in [0.2, 0.25) is 0 Å². The summed E-state index contributed by atoms with van der Waals surface area (Å²) >= 11 is 3.52. The van der Waals surface area contributed by atoms with Crippen LogP contribution in [0, 0.1) is 6.92 Å². The van der Waals surface area contributed by atoms with E-state index >= 15 is 0 Å². The maximum absolute atomic E-state index is 12.5. The largest absolute Gasteiger partial charge is 0.450 e. The van der Waals surface area contributed by atoms with Crippen LogP contribution in [0.4, 0.5) is 4.79 Å². The third-order valence-corrected chi connectivity index (χ3v) is 9.24. The Balaban J connectivity index is 1.37. The van der Waals surface area contributed by atoms with E-state index in [0.29, 0.717) is 39.1 Å². The molecule has 1 amide bonds. The van der Waals surface area contributed by atoms with E-state index in [9.17, 15) is 4.79 Å². The second-order valence-corrected chi connectivity index (χ2v) is 12.2. The molecule has 1 saturated heterocycles. The number of benzene rings is 4. The van der Waals surface area contributed by atoms with E-state index in [2.05, 4.69) is 104 Å². The zero-order chi connectivity index (χ0) is 27.8. The number of hydrogen-bond acceptors (Lipinski definition) is 5. The molecule has 206 valence electrons.